The normalized spacial score (nSPS) is 10.7. The highest BCUT2D eigenvalue weighted by atomic mass is 32.1. The van der Waals surface area contributed by atoms with E-state index in [1.54, 1.807) is 18.4 Å². The van der Waals surface area contributed by atoms with Gasteiger partial charge in [0.05, 0.1) is 12.8 Å². The molecule has 4 aromatic rings. The Morgan fingerprint density at radius 3 is 2.58 bits per heavy atom. The summed E-state index contributed by atoms with van der Waals surface area (Å²) < 4.78 is 5.19. The molecule has 2 aromatic carbocycles. The van der Waals surface area contributed by atoms with Crippen LogP contribution in [0.5, 0.6) is 5.75 Å². The van der Waals surface area contributed by atoms with Gasteiger partial charge >= 0.3 is 0 Å². The third-order valence-corrected chi connectivity index (χ3v) is 4.51. The number of nitrogens with zero attached hydrogens (tertiary/aromatic N) is 2. The topological polar surface area (TPSA) is 47.0 Å². The lowest BCUT2D eigenvalue weighted by molar-refractivity contribution is 0.415. The highest BCUT2D eigenvalue weighted by molar-refractivity contribution is 7.14. The average Bonchev–Trinajstić information content (AvgIpc) is 3.10. The van der Waals surface area contributed by atoms with Crippen LogP contribution in [0.15, 0.2) is 66.2 Å². The summed E-state index contributed by atoms with van der Waals surface area (Å²) in [6.07, 6.45) is 1.87. The van der Waals surface area contributed by atoms with Gasteiger partial charge in [-0.25, -0.2) is 9.97 Å². The van der Waals surface area contributed by atoms with E-state index in [2.05, 4.69) is 27.4 Å². The van der Waals surface area contributed by atoms with E-state index in [0.717, 1.165) is 38.7 Å². The Labute approximate surface area is 143 Å². The fraction of sp³-hybridized carbons (Fsp3) is 0.0526. The number of benzene rings is 2. The minimum absolute atomic E-state index is 0.796. The standard InChI is InChI=1S/C19H15N3OS/c1-23-16-8-6-13(7-9-16)17-12-24-19(21-17)22-18-10-14-4-2-3-5-15(14)11-20-18/h2-12H,1H3,(H,20,21,22). The minimum Gasteiger partial charge on any atom is -0.497 e. The van der Waals surface area contributed by atoms with Gasteiger partial charge in [-0.3, -0.25) is 0 Å². The van der Waals surface area contributed by atoms with E-state index in [1.807, 2.05) is 54.0 Å². The molecule has 0 fully saturated rings. The predicted molar refractivity (Wildman–Crippen MR) is 99.1 cm³/mol. The molecule has 0 spiro atoms. The van der Waals surface area contributed by atoms with E-state index >= 15 is 0 Å². The van der Waals surface area contributed by atoms with Crippen molar-refractivity contribution in [2.75, 3.05) is 12.4 Å². The van der Waals surface area contributed by atoms with Gasteiger partial charge in [0.15, 0.2) is 5.13 Å². The summed E-state index contributed by atoms with van der Waals surface area (Å²) in [6.45, 7) is 0. The lowest BCUT2D eigenvalue weighted by Gasteiger charge is -2.03. The van der Waals surface area contributed by atoms with Crippen LogP contribution in [0.3, 0.4) is 0 Å². The predicted octanol–water partition coefficient (Wildman–Crippen LogP) is 5.11. The van der Waals surface area contributed by atoms with Crippen molar-refractivity contribution in [3.63, 3.8) is 0 Å². The number of aromatic nitrogens is 2. The second kappa shape index (κ2) is 6.29. The number of pyridine rings is 1. The van der Waals surface area contributed by atoms with Crippen LogP contribution < -0.4 is 10.1 Å². The van der Waals surface area contributed by atoms with Crippen LogP contribution in [-0.4, -0.2) is 17.1 Å². The molecule has 0 aliphatic rings. The number of rotatable bonds is 4. The Kier molecular flexibility index (Phi) is 3.84. The summed E-state index contributed by atoms with van der Waals surface area (Å²) in [5.74, 6) is 1.64. The maximum absolute atomic E-state index is 5.19. The summed E-state index contributed by atoms with van der Waals surface area (Å²) >= 11 is 1.56. The summed E-state index contributed by atoms with van der Waals surface area (Å²) in [6, 6.07) is 18.1. The number of thiazole rings is 1. The molecule has 0 aliphatic heterocycles. The van der Waals surface area contributed by atoms with Crippen LogP contribution in [-0.2, 0) is 0 Å². The van der Waals surface area contributed by atoms with Crippen molar-refractivity contribution >= 4 is 33.1 Å². The SMILES string of the molecule is COc1ccc(-c2csc(Nc3cc4ccccc4cn3)n2)cc1. The molecule has 0 bridgehead atoms. The summed E-state index contributed by atoms with van der Waals surface area (Å²) in [4.78, 5) is 9.08. The monoisotopic (exact) mass is 333 g/mol. The molecule has 0 saturated carbocycles. The first-order valence-electron chi connectivity index (χ1n) is 7.53. The van der Waals surface area contributed by atoms with E-state index in [4.69, 9.17) is 4.74 Å². The molecule has 0 saturated heterocycles. The molecule has 118 valence electrons. The maximum Gasteiger partial charge on any atom is 0.188 e. The summed E-state index contributed by atoms with van der Waals surface area (Å²) in [7, 11) is 1.66. The van der Waals surface area contributed by atoms with Crippen molar-refractivity contribution in [1.82, 2.24) is 9.97 Å². The van der Waals surface area contributed by atoms with Gasteiger partial charge in [-0.15, -0.1) is 11.3 Å². The molecule has 0 radical (unpaired) electrons. The van der Waals surface area contributed by atoms with Crippen molar-refractivity contribution in [3.05, 3.63) is 66.2 Å². The van der Waals surface area contributed by atoms with Crippen LogP contribution in [0.4, 0.5) is 10.9 Å². The van der Waals surface area contributed by atoms with Gasteiger partial charge < -0.3 is 10.1 Å². The highest BCUT2D eigenvalue weighted by Crippen LogP contribution is 2.28. The van der Waals surface area contributed by atoms with Crippen LogP contribution in [0, 0.1) is 0 Å². The molecule has 0 unspecified atom stereocenters. The van der Waals surface area contributed by atoms with Crippen molar-refractivity contribution in [1.29, 1.82) is 0 Å². The second-order valence-corrected chi connectivity index (χ2v) is 6.17. The summed E-state index contributed by atoms with van der Waals surface area (Å²) in [5.41, 5.74) is 2.00. The van der Waals surface area contributed by atoms with Gasteiger partial charge in [0.1, 0.15) is 11.6 Å². The zero-order valence-corrected chi connectivity index (χ0v) is 13.9. The van der Waals surface area contributed by atoms with Gasteiger partial charge in [0.25, 0.3) is 0 Å². The van der Waals surface area contributed by atoms with Crippen LogP contribution in [0.1, 0.15) is 0 Å². The van der Waals surface area contributed by atoms with E-state index in [-0.39, 0.29) is 0 Å². The van der Waals surface area contributed by atoms with Gasteiger partial charge in [-0.2, -0.15) is 0 Å². The zero-order chi connectivity index (χ0) is 16.4. The van der Waals surface area contributed by atoms with E-state index in [0.29, 0.717) is 0 Å². The fourth-order valence-corrected chi connectivity index (χ4v) is 3.21. The molecule has 24 heavy (non-hydrogen) atoms. The molecule has 2 aromatic heterocycles. The molecule has 4 rings (SSSR count). The number of fused-ring (bicyclic) bond motifs is 1. The number of methoxy groups -OCH3 is 1. The molecule has 5 heteroatoms. The largest absolute Gasteiger partial charge is 0.497 e. The van der Waals surface area contributed by atoms with Crippen LogP contribution in [0.2, 0.25) is 0 Å². The first-order chi connectivity index (χ1) is 11.8. The van der Waals surface area contributed by atoms with Gasteiger partial charge in [0.2, 0.25) is 0 Å². The number of hydrogen-bond acceptors (Lipinski definition) is 5. The Morgan fingerprint density at radius 2 is 1.79 bits per heavy atom. The summed E-state index contributed by atoms with van der Waals surface area (Å²) in [5, 5.41) is 8.42. The number of anilines is 2. The quantitative estimate of drug-likeness (QED) is 0.564. The lowest BCUT2D eigenvalue weighted by Crippen LogP contribution is -1.92. The van der Waals surface area contributed by atoms with E-state index < -0.39 is 0 Å². The molecular formula is C19H15N3OS. The molecule has 0 aliphatic carbocycles. The Balaban J connectivity index is 1.57. The van der Waals surface area contributed by atoms with Crippen molar-refractivity contribution < 1.29 is 4.74 Å². The average molecular weight is 333 g/mol. The lowest BCUT2D eigenvalue weighted by atomic mass is 10.2. The van der Waals surface area contributed by atoms with Crippen molar-refractivity contribution in [2.45, 2.75) is 0 Å². The fourth-order valence-electron chi connectivity index (χ4n) is 2.49. The third kappa shape index (κ3) is 2.94. The molecule has 0 atom stereocenters. The molecule has 2 heterocycles. The number of hydrogen-bond donors (Lipinski definition) is 1. The number of nitrogens with one attached hydrogen (secondary N) is 1. The van der Waals surface area contributed by atoms with Crippen LogP contribution >= 0.6 is 11.3 Å². The maximum atomic E-state index is 5.19. The smallest absolute Gasteiger partial charge is 0.188 e. The Bertz CT molecular complexity index is 979. The minimum atomic E-state index is 0.796. The first kappa shape index (κ1) is 14.7. The molecule has 4 nitrogen and oxygen atoms in total. The van der Waals surface area contributed by atoms with Crippen LogP contribution in [0.25, 0.3) is 22.0 Å². The van der Waals surface area contributed by atoms with Crippen molar-refractivity contribution in [2.24, 2.45) is 0 Å². The Hall–Kier alpha value is -2.92. The molecule has 1 N–H and O–H groups in total. The third-order valence-electron chi connectivity index (χ3n) is 3.76. The second-order valence-electron chi connectivity index (χ2n) is 5.31. The van der Waals surface area contributed by atoms with Gasteiger partial charge in [-0.1, -0.05) is 24.3 Å². The molecule has 0 amide bonds. The number of ether oxygens (including phenoxy) is 1. The van der Waals surface area contributed by atoms with Gasteiger partial charge in [0, 0.05) is 22.5 Å². The highest BCUT2D eigenvalue weighted by Gasteiger charge is 2.06. The van der Waals surface area contributed by atoms with E-state index in [9.17, 15) is 0 Å². The zero-order valence-electron chi connectivity index (χ0n) is 13.1. The Morgan fingerprint density at radius 1 is 1.00 bits per heavy atom. The van der Waals surface area contributed by atoms with Gasteiger partial charge in [-0.05, 0) is 35.7 Å². The first-order valence-corrected chi connectivity index (χ1v) is 8.41. The molecular weight excluding hydrogens is 318 g/mol. The van der Waals surface area contributed by atoms with E-state index in [1.165, 1.54) is 0 Å². The van der Waals surface area contributed by atoms with Crippen molar-refractivity contribution in [3.8, 4) is 17.0 Å².